The minimum atomic E-state index is -1.43. The highest BCUT2D eigenvalue weighted by Crippen LogP contribution is 2.43. The Kier molecular flexibility index (Phi) is 2.77. The summed E-state index contributed by atoms with van der Waals surface area (Å²) in [4.78, 5) is 4.37. The maximum Gasteiger partial charge on any atom is 0.109 e. The summed E-state index contributed by atoms with van der Waals surface area (Å²) in [5.74, 6) is 0. The number of hydrogen-bond donors (Lipinski definition) is 0. The Morgan fingerprint density at radius 1 is 1.05 bits per heavy atom. The summed E-state index contributed by atoms with van der Waals surface area (Å²) < 4.78 is 16.9. The van der Waals surface area contributed by atoms with Crippen molar-refractivity contribution in [2.24, 2.45) is 0 Å². The molecule has 1 saturated heterocycles. The first-order valence-electron chi connectivity index (χ1n) is 8.87. The van der Waals surface area contributed by atoms with Crippen molar-refractivity contribution in [2.45, 2.75) is 32.1 Å². The molecule has 2 unspecified atom stereocenters. The van der Waals surface area contributed by atoms with Crippen molar-refractivity contribution in [1.82, 2.24) is 4.90 Å². The van der Waals surface area contributed by atoms with Crippen molar-refractivity contribution in [3.8, 4) is 0 Å². The van der Waals surface area contributed by atoms with Crippen molar-refractivity contribution in [1.29, 1.82) is 0 Å². The van der Waals surface area contributed by atoms with Crippen molar-refractivity contribution >= 4 is 5.69 Å². The lowest BCUT2D eigenvalue weighted by Crippen LogP contribution is -2.33. The number of benzene rings is 2. The van der Waals surface area contributed by atoms with Gasteiger partial charge in [0.1, 0.15) is 6.17 Å². The number of anilines is 1. The number of aryl methyl sites for hydroxylation is 1. The van der Waals surface area contributed by atoms with Gasteiger partial charge in [0.15, 0.2) is 0 Å². The van der Waals surface area contributed by atoms with E-state index in [2.05, 4.69) is 55.1 Å². The van der Waals surface area contributed by atoms with Crippen LogP contribution in [0.4, 0.5) is 5.69 Å². The fourth-order valence-corrected chi connectivity index (χ4v) is 3.71. The summed E-state index contributed by atoms with van der Waals surface area (Å²) in [5.41, 5.74) is 3.52. The van der Waals surface area contributed by atoms with Gasteiger partial charge in [-0.15, -0.1) is 0 Å². The van der Waals surface area contributed by atoms with Gasteiger partial charge in [-0.3, -0.25) is 4.90 Å². The maximum atomic E-state index is 8.47. The molecule has 22 heavy (non-hydrogen) atoms. The monoisotopic (exact) mass is 292 g/mol. The summed E-state index contributed by atoms with van der Waals surface area (Å²) in [6.07, 6.45) is 3.62. The quantitative estimate of drug-likeness (QED) is 0.767. The second kappa shape index (κ2) is 5.29. The Bertz CT molecular complexity index is 772. The minimum Gasteiger partial charge on any atom is -0.347 e. The molecule has 0 amide bonds. The van der Waals surface area contributed by atoms with E-state index in [9.17, 15) is 0 Å². The van der Waals surface area contributed by atoms with E-state index in [4.69, 9.17) is 2.74 Å². The van der Waals surface area contributed by atoms with Gasteiger partial charge in [0, 0.05) is 21.0 Å². The summed E-state index contributed by atoms with van der Waals surface area (Å²) in [7, 11) is 0. The molecule has 2 heterocycles. The van der Waals surface area contributed by atoms with E-state index in [0.29, 0.717) is 0 Å². The van der Waals surface area contributed by atoms with Crippen LogP contribution in [-0.4, -0.2) is 23.5 Å². The Morgan fingerprint density at radius 3 is 2.55 bits per heavy atom. The number of rotatable bonds is 2. The first-order valence-corrected chi connectivity index (χ1v) is 7.87. The zero-order valence-corrected chi connectivity index (χ0v) is 13.0. The number of para-hydroxylation sites is 1. The van der Waals surface area contributed by atoms with Crippen LogP contribution >= 0.6 is 0 Å². The van der Waals surface area contributed by atoms with Gasteiger partial charge >= 0.3 is 0 Å². The number of fused-ring (bicyclic) bond motifs is 1. The molecule has 112 valence electrons. The summed E-state index contributed by atoms with van der Waals surface area (Å²) in [6.45, 7) is 2.88. The molecule has 2 aliphatic rings. The third-order valence-corrected chi connectivity index (χ3v) is 4.79. The average molecular weight is 292 g/mol. The van der Waals surface area contributed by atoms with Crippen LogP contribution < -0.4 is 4.90 Å². The molecule has 0 spiro atoms. The smallest absolute Gasteiger partial charge is 0.109 e. The van der Waals surface area contributed by atoms with Crippen LogP contribution in [0.1, 0.15) is 27.0 Å². The molecule has 0 saturated carbocycles. The molecular formula is C20H22N2. The molecule has 2 heteroatoms. The van der Waals surface area contributed by atoms with E-state index >= 15 is 0 Å². The number of nitrogens with zero attached hydrogens (tertiary/aromatic N) is 2. The third-order valence-electron chi connectivity index (χ3n) is 4.79. The zero-order chi connectivity index (χ0) is 16.9. The van der Waals surface area contributed by atoms with Crippen LogP contribution in [0.5, 0.6) is 0 Å². The molecule has 2 aromatic rings. The van der Waals surface area contributed by atoms with Crippen molar-refractivity contribution in [2.75, 3.05) is 11.4 Å². The molecule has 0 bridgehead atoms. The SMILES string of the molecule is [2H]C1([2H])C=CC2[C@H](C)N(c3ccccc3C)C(c3ccccc3)N21. The molecule has 0 N–H and O–H groups in total. The van der Waals surface area contributed by atoms with Gasteiger partial charge < -0.3 is 4.90 Å². The van der Waals surface area contributed by atoms with Gasteiger partial charge in [-0.05, 0) is 31.0 Å². The van der Waals surface area contributed by atoms with E-state index in [-0.39, 0.29) is 18.2 Å². The predicted molar refractivity (Wildman–Crippen MR) is 91.9 cm³/mol. The van der Waals surface area contributed by atoms with Crippen molar-refractivity contribution in [3.63, 3.8) is 0 Å². The fraction of sp³-hybridized carbons (Fsp3) is 0.300. The van der Waals surface area contributed by atoms with Gasteiger partial charge in [0.2, 0.25) is 0 Å². The van der Waals surface area contributed by atoms with Gasteiger partial charge in [-0.1, -0.05) is 60.7 Å². The van der Waals surface area contributed by atoms with Gasteiger partial charge in [-0.25, -0.2) is 0 Å². The van der Waals surface area contributed by atoms with Crippen LogP contribution in [0.3, 0.4) is 0 Å². The highest BCUT2D eigenvalue weighted by Gasteiger charge is 2.45. The second-order valence-electron chi connectivity index (χ2n) is 6.10. The van der Waals surface area contributed by atoms with Crippen molar-refractivity contribution in [3.05, 3.63) is 77.9 Å². The lowest BCUT2D eigenvalue weighted by molar-refractivity contribution is 0.260. The lowest BCUT2D eigenvalue weighted by atomic mass is 10.1. The average Bonchev–Trinajstić information content (AvgIpc) is 3.05. The van der Waals surface area contributed by atoms with Crippen LogP contribution in [0, 0.1) is 6.92 Å². The standard InChI is InChI=1S/C20H22N2/c1-15-9-6-7-12-18(15)22-16(2)19-13-8-14-21(19)20(22)17-10-4-3-5-11-17/h3-13,16,19-20H,14H2,1-2H3/t16-,19?,20?/m0/s1/i14D2. The van der Waals surface area contributed by atoms with E-state index in [1.807, 2.05) is 29.2 Å². The van der Waals surface area contributed by atoms with E-state index < -0.39 is 6.50 Å². The molecule has 3 atom stereocenters. The molecule has 0 radical (unpaired) electrons. The van der Waals surface area contributed by atoms with Crippen LogP contribution in [0.2, 0.25) is 0 Å². The molecule has 4 rings (SSSR count). The molecule has 0 aromatic heterocycles. The topological polar surface area (TPSA) is 6.48 Å². The maximum absolute atomic E-state index is 8.47. The van der Waals surface area contributed by atoms with Gasteiger partial charge in [0.25, 0.3) is 0 Å². The molecule has 2 aromatic carbocycles. The highest BCUT2D eigenvalue weighted by molar-refractivity contribution is 5.57. The molecule has 1 fully saturated rings. The Hall–Kier alpha value is -2.06. The van der Waals surface area contributed by atoms with E-state index in [0.717, 1.165) is 5.56 Å². The van der Waals surface area contributed by atoms with Crippen LogP contribution in [0.25, 0.3) is 0 Å². The van der Waals surface area contributed by atoms with Gasteiger partial charge in [0.05, 0.1) is 6.04 Å². The molecular weight excluding hydrogens is 268 g/mol. The molecule has 2 nitrogen and oxygen atoms in total. The van der Waals surface area contributed by atoms with Crippen molar-refractivity contribution < 1.29 is 2.74 Å². The van der Waals surface area contributed by atoms with E-state index in [1.54, 1.807) is 6.08 Å². The first-order chi connectivity index (χ1) is 11.5. The minimum absolute atomic E-state index is 0.0739. The predicted octanol–water partition coefficient (Wildman–Crippen LogP) is 4.14. The van der Waals surface area contributed by atoms with Crippen LogP contribution in [0.15, 0.2) is 66.7 Å². The third kappa shape index (κ3) is 1.98. The number of hydrogen-bond acceptors (Lipinski definition) is 2. The normalized spacial score (nSPS) is 31.0. The Balaban J connectivity index is 1.88. The van der Waals surface area contributed by atoms with E-state index in [1.165, 1.54) is 11.3 Å². The first kappa shape index (κ1) is 11.5. The molecule has 0 aliphatic carbocycles. The van der Waals surface area contributed by atoms with Crippen LogP contribution in [-0.2, 0) is 0 Å². The van der Waals surface area contributed by atoms with Gasteiger partial charge in [-0.2, -0.15) is 0 Å². The highest BCUT2D eigenvalue weighted by atomic mass is 15.5. The largest absolute Gasteiger partial charge is 0.347 e. The Labute approximate surface area is 135 Å². The fourth-order valence-electron chi connectivity index (χ4n) is 3.71. The Morgan fingerprint density at radius 2 is 1.77 bits per heavy atom. The second-order valence-corrected chi connectivity index (χ2v) is 6.10. The molecule has 2 aliphatic heterocycles. The summed E-state index contributed by atoms with van der Waals surface area (Å²) in [5, 5.41) is 0. The lowest BCUT2D eigenvalue weighted by Gasteiger charge is -2.34. The zero-order valence-electron chi connectivity index (χ0n) is 15.0. The summed E-state index contributed by atoms with van der Waals surface area (Å²) in [6, 6.07) is 18.9. The summed E-state index contributed by atoms with van der Waals surface area (Å²) >= 11 is 0.